The van der Waals surface area contributed by atoms with Crippen molar-refractivity contribution in [3.8, 4) is 0 Å². The first-order chi connectivity index (χ1) is 12.1. The Morgan fingerprint density at radius 3 is 2.76 bits per heavy atom. The summed E-state index contributed by atoms with van der Waals surface area (Å²) in [5.74, 6) is 0.382. The van der Waals surface area contributed by atoms with Crippen LogP contribution in [0.4, 0.5) is 10.5 Å². The molecule has 1 aromatic heterocycles. The van der Waals surface area contributed by atoms with Crippen molar-refractivity contribution in [3.05, 3.63) is 54.0 Å². The average Bonchev–Trinajstić information content (AvgIpc) is 3.00. The van der Waals surface area contributed by atoms with Gasteiger partial charge in [-0.25, -0.2) is 4.79 Å². The first-order valence-corrected chi connectivity index (χ1v) is 8.62. The lowest BCUT2D eigenvalue weighted by Gasteiger charge is -2.29. The first kappa shape index (κ1) is 17.1. The molecule has 0 bridgehead atoms. The van der Waals surface area contributed by atoms with E-state index in [1.807, 2.05) is 29.2 Å². The standard InChI is InChI=1S/C19H23N3O3/c20-18(23)13-14-7-3-4-8-15(14)21-19(24)22-11-5-1-2-9-16(22)17-10-6-12-25-17/h3-4,6-8,10,12,16H,1-2,5,9,11,13H2,(H2,20,23)(H,21,24)/t16-/m1/s1. The van der Waals surface area contributed by atoms with Gasteiger partial charge in [-0.05, 0) is 36.6 Å². The van der Waals surface area contributed by atoms with Crippen molar-refractivity contribution in [1.29, 1.82) is 0 Å². The SMILES string of the molecule is NC(=O)Cc1ccccc1NC(=O)N1CCCCC[C@@H]1c1ccco1. The van der Waals surface area contributed by atoms with Gasteiger partial charge in [0.05, 0.1) is 18.7 Å². The highest BCUT2D eigenvalue weighted by molar-refractivity contribution is 5.91. The normalized spacial score (nSPS) is 17.8. The van der Waals surface area contributed by atoms with Gasteiger partial charge in [-0.3, -0.25) is 4.79 Å². The van der Waals surface area contributed by atoms with E-state index >= 15 is 0 Å². The summed E-state index contributed by atoms with van der Waals surface area (Å²) in [5, 5.41) is 2.94. The van der Waals surface area contributed by atoms with Crippen molar-refractivity contribution in [1.82, 2.24) is 4.90 Å². The van der Waals surface area contributed by atoms with E-state index in [9.17, 15) is 9.59 Å². The molecule has 0 unspecified atom stereocenters. The third-order valence-electron chi connectivity index (χ3n) is 4.51. The summed E-state index contributed by atoms with van der Waals surface area (Å²) in [5.41, 5.74) is 6.63. The van der Waals surface area contributed by atoms with Gasteiger partial charge >= 0.3 is 6.03 Å². The predicted octanol–water partition coefficient (Wildman–Crippen LogP) is 3.46. The molecule has 0 spiro atoms. The van der Waals surface area contributed by atoms with Gasteiger partial charge in [0.15, 0.2) is 0 Å². The molecule has 1 fully saturated rings. The van der Waals surface area contributed by atoms with E-state index in [-0.39, 0.29) is 18.5 Å². The third kappa shape index (κ3) is 4.21. The average molecular weight is 341 g/mol. The molecular weight excluding hydrogens is 318 g/mol. The van der Waals surface area contributed by atoms with Crippen molar-refractivity contribution in [3.63, 3.8) is 0 Å². The van der Waals surface area contributed by atoms with Gasteiger partial charge in [0.25, 0.3) is 0 Å². The second-order valence-corrected chi connectivity index (χ2v) is 6.30. The number of nitrogens with two attached hydrogens (primary N) is 1. The molecule has 3 amide bonds. The Labute approximate surface area is 147 Å². The maximum Gasteiger partial charge on any atom is 0.322 e. The number of nitrogens with one attached hydrogen (secondary N) is 1. The van der Waals surface area contributed by atoms with Gasteiger partial charge < -0.3 is 20.4 Å². The fourth-order valence-electron chi connectivity index (χ4n) is 3.30. The van der Waals surface area contributed by atoms with Gasteiger partial charge in [0.1, 0.15) is 5.76 Å². The summed E-state index contributed by atoms with van der Waals surface area (Å²) in [4.78, 5) is 26.0. The lowest BCUT2D eigenvalue weighted by Crippen LogP contribution is -2.38. The molecule has 0 aliphatic carbocycles. The van der Waals surface area contributed by atoms with Crippen LogP contribution in [0.25, 0.3) is 0 Å². The highest BCUT2D eigenvalue weighted by Crippen LogP contribution is 2.31. The summed E-state index contributed by atoms with van der Waals surface area (Å²) < 4.78 is 5.55. The number of hydrogen-bond donors (Lipinski definition) is 2. The molecule has 0 radical (unpaired) electrons. The van der Waals surface area contributed by atoms with Gasteiger partial charge in [0, 0.05) is 12.2 Å². The quantitative estimate of drug-likeness (QED) is 0.892. The number of furan rings is 1. The number of primary amides is 1. The second kappa shape index (κ2) is 7.88. The lowest BCUT2D eigenvalue weighted by atomic mass is 10.1. The maximum atomic E-state index is 12.9. The maximum absolute atomic E-state index is 12.9. The molecule has 1 aliphatic heterocycles. The molecular formula is C19H23N3O3. The Bertz CT molecular complexity index is 727. The number of benzene rings is 1. The monoisotopic (exact) mass is 341 g/mol. The summed E-state index contributed by atoms with van der Waals surface area (Å²) in [6.45, 7) is 0.676. The van der Waals surface area contributed by atoms with Gasteiger partial charge in [-0.15, -0.1) is 0 Å². The minimum Gasteiger partial charge on any atom is -0.467 e. The molecule has 25 heavy (non-hydrogen) atoms. The van der Waals surface area contributed by atoms with Crippen molar-refractivity contribution < 1.29 is 14.0 Å². The van der Waals surface area contributed by atoms with Crippen molar-refractivity contribution in [2.45, 2.75) is 38.1 Å². The topological polar surface area (TPSA) is 88.6 Å². The van der Waals surface area contributed by atoms with Gasteiger partial charge in [-0.2, -0.15) is 0 Å². The van der Waals surface area contributed by atoms with Crippen LogP contribution in [0, 0.1) is 0 Å². The van der Waals surface area contributed by atoms with E-state index in [0.29, 0.717) is 17.8 Å². The van der Waals surface area contributed by atoms with Crippen LogP contribution in [0.5, 0.6) is 0 Å². The summed E-state index contributed by atoms with van der Waals surface area (Å²) in [7, 11) is 0. The number of hydrogen-bond acceptors (Lipinski definition) is 3. The number of nitrogens with zero attached hydrogens (tertiary/aromatic N) is 1. The van der Waals surface area contributed by atoms with Crippen LogP contribution in [0.15, 0.2) is 47.1 Å². The first-order valence-electron chi connectivity index (χ1n) is 8.62. The molecule has 0 saturated carbocycles. The van der Waals surface area contributed by atoms with E-state index in [0.717, 1.165) is 31.4 Å². The number of anilines is 1. The zero-order valence-electron chi connectivity index (χ0n) is 14.1. The van der Waals surface area contributed by atoms with Crippen LogP contribution in [-0.4, -0.2) is 23.4 Å². The molecule has 3 rings (SSSR count). The zero-order chi connectivity index (χ0) is 17.6. The number of amides is 3. The number of likely N-dealkylation sites (tertiary alicyclic amines) is 1. The highest BCUT2D eigenvalue weighted by Gasteiger charge is 2.29. The van der Waals surface area contributed by atoms with E-state index in [1.165, 1.54) is 0 Å². The minimum atomic E-state index is -0.426. The molecule has 6 heteroatoms. The van der Waals surface area contributed by atoms with Crippen LogP contribution in [0.1, 0.15) is 43.0 Å². The lowest BCUT2D eigenvalue weighted by molar-refractivity contribution is -0.117. The highest BCUT2D eigenvalue weighted by atomic mass is 16.3. The van der Waals surface area contributed by atoms with Crippen LogP contribution >= 0.6 is 0 Å². The Hall–Kier alpha value is -2.76. The molecule has 1 aromatic carbocycles. The number of carbonyl (C=O) groups excluding carboxylic acids is 2. The largest absolute Gasteiger partial charge is 0.467 e. The molecule has 6 nitrogen and oxygen atoms in total. The molecule has 1 aliphatic rings. The molecule has 1 saturated heterocycles. The predicted molar refractivity (Wildman–Crippen MR) is 95.0 cm³/mol. The zero-order valence-corrected chi connectivity index (χ0v) is 14.1. The molecule has 2 heterocycles. The third-order valence-corrected chi connectivity index (χ3v) is 4.51. The minimum absolute atomic E-state index is 0.0687. The van der Waals surface area contributed by atoms with Crippen LogP contribution in [0.2, 0.25) is 0 Å². The number of para-hydroxylation sites is 1. The molecule has 1 atom stereocenters. The smallest absolute Gasteiger partial charge is 0.322 e. The van der Waals surface area contributed by atoms with Crippen LogP contribution in [0.3, 0.4) is 0 Å². The van der Waals surface area contributed by atoms with Crippen LogP contribution in [-0.2, 0) is 11.2 Å². The van der Waals surface area contributed by atoms with E-state index in [4.69, 9.17) is 10.2 Å². The molecule has 132 valence electrons. The molecule has 3 N–H and O–H groups in total. The van der Waals surface area contributed by atoms with Gasteiger partial charge in [-0.1, -0.05) is 31.0 Å². The van der Waals surface area contributed by atoms with Gasteiger partial charge in [0.2, 0.25) is 5.91 Å². The fourth-order valence-corrected chi connectivity index (χ4v) is 3.30. The van der Waals surface area contributed by atoms with Crippen LogP contribution < -0.4 is 11.1 Å². The number of rotatable bonds is 4. The number of carbonyl (C=O) groups is 2. The Balaban J connectivity index is 1.80. The van der Waals surface area contributed by atoms with Crippen molar-refractivity contribution in [2.75, 3.05) is 11.9 Å². The summed E-state index contributed by atoms with van der Waals surface area (Å²) in [6.07, 6.45) is 5.74. The second-order valence-electron chi connectivity index (χ2n) is 6.30. The Morgan fingerprint density at radius 1 is 1.16 bits per heavy atom. The molecule has 2 aromatic rings. The fraction of sp³-hybridized carbons (Fsp3) is 0.368. The summed E-state index contributed by atoms with van der Waals surface area (Å²) in [6, 6.07) is 10.7. The number of urea groups is 1. The van der Waals surface area contributed by atoms with E-state index in [1.54, 1.807) is 18.4 Å². The Kier molecular flexibility index (Phi) is 5.38. The summed E-state index contributed by atoms with van der Waals surface area (Å²) >= 11 is 0. The van der Waals surface area contributed by atoms with E-state index in [2.05, 4.69) is 5.32 Å². The Morgan fingerprint density at radius 2 is 2.00 bits per heavy atom. The van der Waals surface area contributed by atoms with E-state index < -0.39 is 5.91 Å². The van der Waals surface area contributed by atoms with Crippen molar-refractivity contribution in [2.24, 2.45) is 5.73 Å². The van der Waals surface area contributed by atoms with Crippen molar-refractivity contribution >= 4 is 17.6 Å².